The summed E-state index contributed by atoms with van der Waals surface area (Å²) in [4.78, 5) is 21.5. The van der Waals surface area contributed by atoms with Gasteiger partial charge in [0.25, 0.3) is 5.91 Å². The average Bonchev–Trinajstić information content (AvgIpc) is 2.91. The highest BCUT2D eigenvalue weighted by atomic mass is 19.1. The molecule has 0 heterocycles. The van der Waals surface area contributed by atoms with Crippen molar-refractivity contribution in [2.24, 2.45) is 5.92 Å². The number of hydrogen-bond donors (Lipinski definition) is 1. The first-order valence-corrected chi connectivity index (χ1v) is 6.80. The normalized spacial score (nSPS) is 15.2. The van der Waals surface area contributed by atoms with Gasteiger partial charge in [0.05, 0.1) is 4.92 Å². The standard InChI is InChI=1S/C14H17FN2O3/c15-12-9-11(5-6-13(12)17(19)20)14(18)16-8-7-10-3-1-2-4-10/h5-6,9-10H,1-4,7-8H2,(H,16,18). The van der Waals surface area contributed by atoms with E-state index in [4.69, 9.17) is 0 Å². The van der Waals surface area contributed by atoms with Crippen LogP contribution in [0.4, 0.5) is 10.1 Å². The molecule has 1 fully saturated rings. The van der Waals surface area contributed by atoms with Crippen LogP contribution in [0.15, 0.2) is 18.2 Å². The number of amides is 1. The van der Waals surface area contributed by atoms with E-state index in [9.17, 15) is 19.3 Å². The summed E-state index contributed by atoms with van der Waals surface area (Å²) in [5.41, 5.74) is -0.507. The fraction of sp³-hybridized carbons (Fsp3) is 0.500. The number of nitrogens with zero attached hydrogens (tertiary/aromatic N) is 1. The number of nitrogens with one attached hydrogen (secondary N) is 1. The Morgan fingerprint density at radius 2 is 2.10 bits per heavy atom. The molecule has 1 saturated carbocycles. The Kier molecular flexibility index (Phi) is 4.65. The quantitative estimate of drug-likeness (QED) is 0.665. The number of carbonyl (C=O) groups excluding carboxylic acids is 1. The Labute approximate surface area is 116 Å². The Morgan fingerprint density at radius 1 is 1.40 bits per heavy atom. The van der Waals surface area contributed by atoms with Crippen LogP contribution < -0.4 is 5.32 Å². The van der Waals surface area contributed by atoms with Crippen molar-refractivity contribution in [2.45, 2.75) is 32.1 Å². The molecule has 1 aliphatic rings. The second kappa shape index (κ2) is 6.45. The molecule has 1 aromatic rings. The maximum Gasteiger partial charge on any atom is 0.304 e. The van der Waals surface area contributed by atoms with Crippen LogP contribution in [0.5, 0.6) is 0 Å². The molecule has 2 rings (SSSR count). The van der Waals surface area contributed by atoms with Crippen molar-refractivity contribution in [1.82, 2.24) is 5.32 Å². The van der Waals surface area contributed by atoms with Crippen molar-refractivity contribution < 1.29 is 14.1 Å². The molecule has 0 unspecified atom stereocenters. The van der Waals surface area contributed by atoms with Gasteiger partial charge in [0, 0.05) is 18.2 Å². The van der Waals surface area contributed by atoms with E-state index in [0.29, 0.717) is 12.5 Å². The molecule has 0 spiro atoms. The molecule has 0 aromatic heterocycles. The molecule has 108 valence electrons. The Balaban J connectivity index is 1.88. The van der Waals surface area contributed by atoms with Crippen LogP contribution in [0.2, 0.25) is 0 Å². The summed E-state index contributed by atoms with van der Waals surface area (Å²) in [6.45, 7) is 0.558. The van der Waals surface area contributed by atoms with Crippen molar-refractivity contribution in [3.05, 3.63) is 39.7 Å². The molecule has 0 aliphatic heterocycles. The molecular formula is C14H17FN2O3. The molecule has 1 aliphatic carbocycles. The van der Waals surface area contributed by atoms with Gasteiger partial charge < -0.3 is 5.32 Å². The van der Waals surface area contributed by atoms with Gasteiger partial charge in [-0.2, -0.15) is 4.39 Å². The van der Waals surface area contributed by atoms with Gasteiger partial charge in [-0.25, -0.2) is 0 Å². The Morgan fingerprint density at radius 3 is 2.70 bits per heavy atom. The third kappa shape index (κ3) is 3.53. The number of carbonyl (C=O) groups is 1. The summed E-state index contributed by atoms with van der Waals surface area (Å²) in [5, 5.41) is 13.2. The highest BCUT2D eigenvalue weighted by molar-refractivity contribution is 5.94. The number of rotatable bonds is 5. The average molecular weight is 280 g/mol. The second-order valence-electron chi connectivity index (χ2n) is 5.12. The first-order chi connectivity index (χ1) is 9.58. The van der Waals surface area contributed by atoms with Crippen molar-refractivity contribution in [3.8, 4) is 0 Å². The minimum Gasteiger partial charge on any atom is -0.352 e. The molecule has 5 nitrogen and oxygen atoms in total. The van der Waals surface area contributed by atoms with E-state index in [1.165, 1.54) is 31.7 Å². The van der Waals surface area contributed by atoms with Gasteiger partial charge in [-0.05, 0) is 24.5 Å². The molecule has 0 bridgehead atoms. The minimum atomic E-state index is -0.988. The largest absolute Gasteiger partial charge is 0.352 e. The smallest absolute Gasteiger partial charge is 0.304 e. The number of nitro groups is 1. The summed E-state index contributed by atoms with van der Waals surface area (Å²) in [6, 6.07) is 3.19. The molecule has 1 aromatic carbocycles. The zero-order chi connectivity index (χ0) is 14.5. The van der Waals surface area contributed by atoms with E-state index in [1.54, 1.807) is 0 Å². The highest BCUT2D eigenvalue weighted by Crippen LogP contribution is 2.27. The Hall–Kier alpha value is -1.98. The van der Waals surface area contributed by atoms with E-state index < -0.39 is 22.3 Å². The van der Waals surface area contributed by atoms with E-state index in [1.807, 2.05) is 0 Å². The lowest BCUT2D eigenvalue weighted by atomic mass is 10.0. The van der Waals surface area contributed by atoms with Crippen molar-refractivity contribution in [2.75, 3.05) is 6.54 Å². The molecule has 1 amide bonds. The van der Waals surface area contributed by atoms with Crippen LogP contribution >= 0.6 is 0 Å². The van der Waals surface area contributed by atoms with Gasteiger partial charge in [0.1, 0.15) is 0 Å². The van der Waals surface area contributed by atoms with E-state index in [-0.39, 0.29) is 5.56 Å². The summed E-state index contributed by atoms with van der Waals surface area (Å²) in [5.74, 6) is -0.709. The zero-order valence-corrected chi connectivity index (χ0v) is 11.1. The number of halogens is 1. The van der Waals surface area contributed by atoms with E-state index >= 15 is 0 Å². The van der Waals surface area contributed by atoms with Crippen LogP contribution in [0.3, 0.4) is 0 Å². The number of benzene rings is 1. The zero-order valence-electron chi connectivity index (χ0n) is 11.1. The van der Waals surface area contributed by atoms with Gasteiger partial charge in [0.2, 0.25) is 5.82 Å². The molecule has 0 saturated heterocycles. The fourth-order valence-corrected chi connectivity index (χ4v) is 2.59. The lowest BCUT2D eigenvalue weighted by Gasteiger charge is -2.09. The lowest BCUT2D eigenvalue weighted by molar-refractivity contribution is -0.387. The van der Waals surface area contributed by atoms with Gasteiger partial charge >= 0.3 is 5.69 Å². The predicted octanol–water partition coefficient (Wildman–Crippen LogP) is 3.04. The van der Waals surface area contributed by atoms with Gasteiger partial charge in [-0.3, -0.25) is 14.9 Å². The monoisotopic (exact) mass is 280 g/mol. The van der Waals surface area contributed by atoms with Crippen LogP contribution in [-0.4, -0.2) is 17.4 Å². The Bertz CT molecular complexity index is 513. The van der Waals surface area contributed by atoms with E-state index in [2.05, 4.69) is 5.32 Å². The first-order valence-electron chi connectivity index (χ1n) is 6.80. The molecule has 1 N–H and O–H groups in total. The molecule has 20 heavy (non-hydrogen) atoms. The second-order valence-corrected chi connectivity index (χ2v) is 5.12. The predicted molar refractivity (Wildman–Crippen MR) is 72.0 cm³/mol. The first kappa shape index (κ1) is 14.4. The molecule has 0 atom stereocenters. The maximum absolute atomic E-state index is 13.4. The van der Waals surface area contributed by atoms with Gasteiger partial charge in [0.15, 0.2) is 0 Å². The topological polar surface area (TPSA) is 72.2 Å². The van der Waals surface area contributed by atoms with E-state index in [0.717, 1.165) is 18.6 Å². The molecular weight excluding hydrogens is 263 g/mol. The van der Waals surface area contributed by atoms with Crippen LogP contribution in [-0.2, 0) is 0 Å². The minimum absolute atomic E-state index is 0.111. The third-order valence-electron chi connectivity index (χ3n) is 3.72. The van der Waals surface area contributed by atoms with Crippen LogP contribution in [0.1, 0.15) is 42.5 Å². The van der Waals surface area contributed by atoms with Gasteiger partial charge in [-0.15, -0.1) is 0 Å². The maximum atomic E-state index is 13.4. The van der Waals surface area contributed by atoms with Gasteiger partial charge in [-0.1, -0.05) is 25.7 Å². The highest BCUT2D eigenvalue weighted by Gasteiger charge is 2.17. The lowest BCUT2D eigenvalue weighted by Crippen LogP contribution is -2.25. The van der Waals surface area contributed by atoms with Crippen molar-refractivity contribution in [1.29, 1.82) is 0 Å². The molecule has 6 heteroatoms. The molecule has 0 radical (unpaired) electrons. The summed E-state index contributed by atoms with van der Waals surface area (Å²) in [7, 11) is 0. The van der Waals surface area contributed by atoms with Crippen LogP contribution in [0, 0.1) is 21.8 Å². The van der Waals surface area contributed by atoms with Crippen molar-refractivity contribution >= 4 is 11.6 Å². The third-order valence-corrected chi connectivity index (χ3v) is 3.72. The fourth-order valence-electron chi connectivity index (χ4n) is 2.59. The summed E-state index contributed by atoms with van der Waals surface area (Å²) in [6.07, 6.45) is 5.86. The number of hydrogen-bond acceptors (Lipinski definition) is 3. The summed E-state index contributed by atoms with van der Waals surface area (Å²) >= 11 is 0. The van der Waals surface area contributed by atoms with Crippen molar-refractivity contribution in [3.63, 3.8) is 0 Å². The summed E-state index contributed by atoms with van der Waals surface area (Å²) < 4.78 is 13.4. The van der Waals surface area contributed by atoms with Crippen LogP contribution in [0.25, 0.3) is 0 Å². The SMILES string of the molecule is O=C(NCCC1CCCC1)c1ccc([N+](=O)[O-])c(F)c1. The number of nitro benzene ring substituents is 1.